The molecule has 0 fully saturated rings. The molecule has 4 aromatic rings. The van der Waals surface area contributed by atoms with Gasteiger partial charge in [0.05, 0.1) is 18.3 Å². The van der Waals surface area contributed by atoms with Gasteiger partial charge in [0.2, 0.25) is 5.91 Å². The minimum absolute atomic E-state index is 0.226. The maximum atomic E-state index is 13.3. The van der Waals surface area contributed by atoms with Crippen LogP contribution in [-0.2, 0) is 11.3 Å². The number of nitrogens with one attached hydrogen (secondary N) is 1. The molecule has 0 bridgehead atoms. The summed E-state index contributed by atoms with van der Waals surface area (Å²) < 4.78 is 8.06. The van der Waals surface area contributed by atoms with Crippen molar-refractivity contribution < 1.29 is 9.53 Å². The van der Waals surface area contributed by atoms with Crippen molar-refractivity contribution >= 4 is 33.1 Å². The van der Waals surface area contributed by atoms with Gasteiger partial charge in [-0.15, -0.1) is 11.3 Å². The maximum Gasteiger partial charge on any atom is 0.336 e. The predicted octanol–water partition coefficient (Wildman–Crippen LogP) is 2.86. The Morgan fingerprint density at radius 1 is 1.03 bits per heavy atom. The number of anilines is 1. The van der Waals surface area contributed by atoms with Gasteiger partial charge >= 0.3 is 5.69 Å². The smallest absolute Gasteiger partial charge is 0.336 e. The van der Waals surface area contributed by atoms with Crippen LogP contribution in [0.25, 0.3) is 15.9 Å². The summed E-state index contributed by atoms with van der Waals surface area (Å²) in [7, 11) is 1.47. The van der Waals surface area contributed by atoms with E-state index in [2.05, 4.69) is 5.32 Å². The second kappa shape index (κ2) is 7.76. The van der Waals surface area contributed by atoms with E-state index in [1.807, 2.05) is 6.07 Å². The van der Waals surface area contributed by atoms with Crippen LogP contribution >= 0.6 is 11.3 Å². The molecule has 0 aliphatic heterocycles. The van der Waals surface area contributed by atoms with E-state index < -0.39 is 11.2 Å². The Balaban J connectivity index is 1.84. The van der Waals surface area contributed by atoms with Gasteiger partial charge in [-0.1, -0.05) is 30.3 Å². The topological polar surface area (TPSA) is 82.3 Å². The van der Waals surface area contributed by atoms with E-state index >= 15 is 0 Å². The van der Waals surface area contributed by atoms with Crippen molar-refractivity contribution in [3.63, 3.8) is 0 Å². The number of nitrogens with zero attached hydrogens (tertiary/aromatic N) is 2. The molecular weight excluding hydrogens is 390 g/mol. The average molecular weight is 407 g/mol. The number of benzene rings is 2. The van der Waals surface area contributed by atoms with Gasteiger partial charge in [0.15, 0.2) is 0 Å². The number of methoxy groups -OCH3 is 1. The zero-order valence-corrected chi connectivity index (χ0v) is 16.3. The summed E-state index contributed by atoms with van der Waals surface area (Å²) in [6.07, 6.45) is 0. The lowest BCUT2D eigenvalue weighted by molar-refractivity contribution is -0.116. The van der Waals surface area contributed by atoms with E-state index in [4.69, 9.17) is 4.74 Å². The number of hydrogen-bond acceptors (Lipinski definition) is 5. The van der Waals surface area contributed by atoms with Gasteiger partial charge < -0.3 is 10.1 Å². The molecule has 146 valence electrons. The Kier molecular flexibility index (Phi) is 5.01. The fraction of sp³-hybridized carbons (Fsp3) is 0.0952. The van der Waals surface area contributed by atoms with Crippen LogP contribution in [0.3, 0.4) is 0 Å². The van der Waals surface area contributed by atoms with Gasteiger partial charge in [0, 0.05) is 5.69 Å². The second-order valence-electron chi connectivity index (χ2n) is 6.23. The molecule has 0 saturated heterocycles. The molecule has 1 amide bonds. The van der Waals surface area contributed by atoms with Crippen molar-refractivity contribution in [2.45, 2.75) is 6.54 Å². The van der Waals surface area contributed by atoms with Crippen LogP contribution < -0.4 is 21.3 Å². The number of thiophene rings is 1. The fourth-order valence-electron chi connectivity index (χ4n) is 3.13. The minimum Gasteiger partial charge on any atom is -0.495 e. The number of fused-ring (bicyclic) bond motifs is 1. The van der Waals surface area contributed by atoms with Crippen molar-refractivity contribution in [2.75, 3.05) is 12.4 Å². The lowest BCUT2D eigenvalue weighted by atomic mass is 10.3. The summed E-state index contributed by atoms with van der Waals surface area (Å²) in [6, 6.07) is 17.4. The Hall–Kier alpha value is -3.65. The van der Waals surface area contributed by atoms with E-state index in [9.17, 15) is 14.4 Å². The number of carbonyl (C=O) groups is 1. The second-order valence-corrected chi connectivity index (χ2v) is 7.15. The normalized spacial score (nSPS) is 10.8. The molecule has 0 unspecified atom stereocenters. The first-order chi connectivity index (χ1) is 14.1. The Labute approximate surface area is 169 Å². The molecule has 2 heterocycles. The molecule has 7 nitrogen and oxygen atoms in total. The summed E-state index contributed by atoms with van der Waals surface area (Å²) >= 11 is 1.22. The zero-order valence-electron chi connectivity index (χ0n) is 15.5. The van der Waals surface area contributed by atoms with Crippen LogP contribution in [0, 0.1) is 0 Å². The Morgan fingerprint density at radius 2 is 1.76 bits per heavy atom. The first kappa shape index (κ1) is 18.7. The third kappa shape index (κ3) is 3.45. The lowest BCUT2D eigenvalue weighted by Crippen LogP contribution is -2.40. The summed E-state index contributed by atoms with van der Waals surface area (Å²) in [4.78, 5) is 38.8. The highest BCUT2D eigenvalue weighted by atomic mass is 32.1. The molecule has 0 spiro atoms. The zero-order chi connectivity index (χ0) is 20.4. The molecule has 0 saturated carbocycles. The number of hydrogen-bond donors (Lipinski definition) is 1. The predicted molar refractivity (Wildman–Crippen MR) is 113 cm³/mol. The van der Waals surface area contributed by atoms with E-state index in [0.717, 1.165) is 4.57 Å². The van der Waals surface area contributed by atoms with Crippen LogP contribution in [0.15, 0.2) is 75.6 Å². The van der Waals surface area contributed by atoms with Crippen molar-refractivity contribution in [3.05, 3.63) is 86.9 Å². The van der Waals surface area contributed by atoms with E-state index in [0.29, 0.717) is 27.3 Å². The molecule has 2 aromatic heterocycles. The molecule has 0 atom stereocenters. The summed E-state index contributed by atoms with van der Waals surface area (Å²) in [5.41, 5.74) is 0.347. The van der Waals surface area contributed by atoms with Crippen molar-refractivity contribution in [1.29, 1.82) is 0 Å². The summed E-state index contributed by atoms with van der Waals surface area (Å²) in [5.74, 6) is 0.0268. The highest BCUT2D eigenvalue weighted by Gasteiger charge is 2.19. The monoisotopic (exact) mass is 407 g/mol. The average Bonchev–Trinajstić information content (AvgIpc) is 3.22. The van der Waals surface area contributed by atoms with Gasteiger partial charge in [-0.05, 0) is 35.7 Å². The molecule has 8 heteroatoms. The maximum absolute atomic E-state index is 13.3. The molecule has 0 aliphatic rings. The van der Waals surface area contributed by atoms with E-state index in [1.54, 1.807) is 60.0 Å². The number of carbonyl (C=O) groups excluding carboxylic acids is 1. The SMILES string of the molecule is COc1ccccc1-n1c(=O)c2sccc2n(CC(=O)Nc2ccccc2)c1=O. The molecule has 29 heavy (non-hydrogen) atoms. The van der Waals surface area contributed by atoms with Crippen LogP contribution in [-0.4, -0.2) is 22.2 Å². The minimum atomic E-state index is -0.603. The fourth-order valence-corrected chi connectivity index (χ4v) is 3.96. The molecule has 0 radical (unpaired) electrons. The van der Waals surface area contributed by atoms with Gasteiger partial charge in [0.25, 0.3) is 5.56 Å². The van der Waals surface area contributed by atoms with Gasteiger partial charge in [-0.3, -0.25) is 14.2 Å². The van der Waals surface area contributed by atoms with E-state index in [-0.39, 0.29) is 12.5 Å². The quantitative estimate of drug-likeness (QED) is 0.552. The molecule has 0 aliphatic carbocycles. The molecule has 2 aromatic carbocycles. The third-order valence-electron chi connectivity index (χ3n) is 4.44. The first-order valence-electron chi connectivity index (χ1n) is 8.81. The first-order valence-corrected chi connectivity index (χ1v) is 9.69. The van der Waals surface area contributed by atoms with Crippen LogP contribution in [0.2, 0.25) is 0 Å². The van der Waals surface area contributed by atoms with Crippen LogP contribution in [0.5, 0.6) is 5.75 Å². The summed E-state index contributed by atoms with van der Waals surface area (Å²) in [6.45, 7) is -0.226. The highest BCUT2D eigenvalue weighted by Crippen LogP contribution is 2.22. The van der Waals surface area contributed by atoms with Crippen LogP contribution in [0.4, 0.5) is 5.69 Å². The van der Waals surface area contributed by atoms with Crippen molar-refractivity contribution in [2.24, 2.45) is 0 Å². The van der Waals surface area contributed by atoms with Crippen molar-refractivity contribution in [1.82, 2.24) is 9.13 Å². The Bertz CT molecular complexity index is 1310. The number of amides is 1. The van der Waals surface area contributed by atoms with E-state index in [1.165, 1.54) is 23.0 Å². The number of ether oxygens (including phenoxy) is 1. The van der Waals surface area contributed by atoms with Gasteiger partial charge in [-0.2, -0.15) is 0 Å². The largest absolute Gasteiger partial charge is 0.495 e. The molecule has 4 rings (SSSR count). The van der Waals surface area contributed by atoms with Gasteiger partial charge in [0.1, 0.15) is 17.0 Å². The van der Waals surface area contributed by atoms with Crippen LogP contribution in [0.1, 0.15) is 0 Å². The molecular formula is C21H17N3O4S. The Morgan fingerprint density at radius 3 is 2.52 bits per heavy atom. The highest BCUT2D eigenvalue weighted by molar-refractivity contribution is 7.17. The number of aromatic nitrogens is 2. The molecule has 1 N–H and O–H groups in total. The number of para-hydroxylation sites is 3. The van der Waals surface area contributed by atoms with Gasteiger partial charge in [-0.25, -0.2) is 9.36 Å². The lowest BCUT2D eigenvalue weighted by Gasteiger charge is -2.14. The van der Waals surface area contributed by atoms with Crippen molar-refractivity contribution in [3.8, 4) is 11.4 Å². The standard InChI is InChI=1S/C21H17N3O4S/c1-28-17-10-6-5-9-15(17)24-20(26)19-16(11-12-29-19)23(21(24)27)13-18(25)22-14-7-3-2-4-8-14/h2-12H,13H2,1H3,(H,22,25). The number of rotatable bonds is 5. The summed E-state index contributed by atoms with van der Waals surface area (Å²) in [5, 5.41) is 4.49. The third-order valence-corrected chi connectivity index (χ3v) is 5.33.